The van der Waals surface area contributed by atoms with Crippen LogP contribution < -0.4 is 11.2 Å². The highest BCUT2D eigenvalue weighted by molar-refractivity contribution is 5.96. The maximum Gasteiger partial charge on any atom is 0.339 e. The average Bonchev–Trinajstić information content (AvgIpc) is 3.64. The molecule has 1 aliphatic carbocycles. The predicted molar refractivity (Wildman–Crippen MR) is 131 cm³/mol. The van der Waals surface area contributed by atoms with Crippen molar-refractivity contribution in [2.24, 2.45) is 0 Å². The summed E-state index contributed by atoms with van der Waals surface area (Å²) in [5.41, 5.74) is 2.35. The van der Waals surface area contributed by atoms with Crippen LogP contribution in [0.15, 0.2) is 56.5 Å². The number of hydrogen-bond acceptors (Lipinski definition) is 5. The molecular formula is C27H23FN2O5. The van der Waals surface area contributed by atoms with Crippen LogP contribution in [0.5, 0.6) is 0 Å². The maximum atomic E-state index is 14.6. The highest BCUT2D eigenvalue weighted by Crippen LogP contribution is 2.41. The average molecular weight is 474 g/mol. The van der Waals surface area contributed by atoms with E-state index in [1.807, 2.05) is 6.92 Å². The van der Waals surface area contributed by atoms with E-state index in [1.54, 1.807) is 42.7 Å². The van der Waals surface area contributed by atoms with Crippen LogP contribution in [0.25, 0.3) is 22.1 Å². The molecule has 2 heterocycles. The molecule has 35 heavy (non-hydrogen) atoms. The Morgan fingerprint density at radius 3 is 2.49 bits per heavy atom. The second-order valence-electron chi connectivity index (χ2n) is 9.09. The molecule has 0 spiro atoms. The van der Waals surface area contributed by atoms with Gasteiger partial charge in [0.25, 0.3) is 11.2 Å². The van der Waals surface area contributed by atoms with Crippen LogP contribution in [0.4, 0.5) is 10.1 Å². The summed E-state index contributed by atoms with van der Waals surface area (Å²) in [6, 6.07) is 10.7. The summed E-state index contributed by atoms with van der Waals surface area (Å²) in [5, 5.41) is 11.7. The van der Waals surface area contributed by atoms with E-state index in [1.165, 1.54) is 18.2 Å². The van der Waals surface area contributed by atoms with Gasteiger partial charge in [-0.2, -0.15) is 0 Å². The Kier molecular flexibility index (Phi) is 5.39. The Labute approximate surface area is 199 Å². The zero-order valence-electron chi connectivity index (χ0n) is 19.6. The first-order valence-corrected chi connectivity index (χ1v) is 11.4. The van der Waals surface area contributed by atoms with E-state index in [2.05, 4.69) is 0 Å². The van der Waals surface area contributed by atoms with Gasteiger partial charge in [0.2, 0.25) is 0 Å². The van der Waals surface area contributed by atoms with Gasteiger partial charge in [-0.15, -0.1) is 0 Å². The second kappa shape index (κ2) is 8.30. The molecule has 178 valence electrons. The molecule has 4 aromatic rings. The van der Waals surface area contributed by atoms with Crippen molar-refractivity contribution in [3.8, 4) is 11.1 Å². The predicted octanol–water partition coefficient (Wildman–Crippen LogP) is 5.52. The fourth-order valence-corrected chi connectivity index (χ4v) is 4.76. The van der Waals surface area contributed by atoms with Crippen LogP contribution in [0.1, 0.15) is 46.8 Å². The number of benzene rings is 2. The largest absolute Gasteiger partial charge is 0.422 e. The molecule has 1 saturated carbocycles. The van der Waals surface area contributed by atoms with Crippen molar-refractivity contribution in [3.05, 3.63) is 107 Å². The van der Waals surface area contributed by atoms with Crippen molar-refractivity contribution in [2.45, 2.75) is 46.1 Å². The standard InChI is InChI=1S/C27H23FN2O5/c1-14-8-9-19(30(33)34)13-20(14)23-16(3)29(18-10-11-18)26(31)24-21(15(2)27(32)35-25(23)24)12-17-6-4-5-7-22(17)28/h4-9,13,18H,10-12H2,1-3H3. The van der Waals surface area contributed by atoms with Crippen LogP contribution in [0, 0.1) is 36.7 Å². The number of non-ortho nitro benzene ring substituents is 1. The lowest BCUT2D eigenvalue weighted by Crippen LogP contribution is -2.26. The molecule has 0 bridgehead atoms. The number of nitrogens with zero attached hydrogens (tertiary/aromatic N) is 2. The molecule has 0 radical (unpaired) electrons. The van der Waals surface area contributed by atoms with Gasteiger partial charge >= 0.3 is 5.63 Å². The number of pyridine rings is 1. The zero-order valence-corrected chi connectivity index (χ0v) is 19.6. The number of aromatic nitrogens is 1. The van der Waals surface area contributed by atoms with Gasteiger partial charge in [0, 0.05) is 41.4 Å². The summed E-state index contributed by atoms with van der Waals surface area (Å²) in [5.74, 6) is -0.433. The third kappa shape index (κ3) is 3.75. The summed E-state index contributed by atoms with van der Waals surface area (Å²) in [6.07, 6.45) is 1.70. The number of halogens is 1. The molecule has 1 fully saturated rings. The van der Waals surface area contributed by atoms with Gasteiger partial charge < -0.3 is 8.98 Å². The topological polar surface area (TPSA) is 95.4 Å². The highest BCUT2D eigenvalue weighted by atomic mass is 19.1. The van der Waals surface area contributed by atoms with E-state index in [0.717, 1.165) is 18.4 Å². The lowest BCUT2D eigenvalue weighted by Gasteiger charge is -2.19. The van der Waals surface area contributed by atoms with Crippen LogP contribution in [-0.4, -0.2) is 9.49 Å². The quantitative estimate of drug-likeness (QED) is 0.280. The zero-order chi connectivity index (χ0) is 25.0. The van der Waals surface area contributed by atoms with Crippen molar-refractivity contribution in [2.75, 3.05) is 0 Å². The van der Waals surface area contributed by atoms with Crippen molar-refractivity contribution >= 4 is 16.7 Å². The van der Waals surface area contributed by atoms with E-state index in [4.69, 9.17) is 4.42 Å². The van der Waals surface area contributed by atoms with Gasteiger partial charge in [-0.25, -0.2) is 9.18 Å². The smallest absolute Gasteiger partial charge is 0.339 e. The first-order chi connectivity index (χ1) is 16.7. The number of hydrogen-bond donors (Lipinski definition) is 0. The van der Waals surface area contributed by atoms with Gasteiger partial charge in [-0.1, -0.05) is 24.3 Å². The SMILES string of the molecule is Cc1ccc([N+](=O)[O-])cc1-c1c(C)n(C2CC2)c(=O)c2c(Cc3ccccc3F)c(C)c(=O)oc12. The number of rotatable bonds is 5. The third-order valence-electron chi connectivity index (χ3n) is 6.80. The summed E-state index contributed by atoms with van der Waals surface area (Å²) >= 11 is 0. The van der Waals surface area contributed by atoms with E-state index in [9.17, 15) is 24.1 Å². The fraction of sp³-hybridized carbons (Fsp3) is 0.259. The van der Waals surface area contributed by atoms with Crippen molar-refractivity contribution in [1.29, 1.82) is 0 Å². The second-order valence-corrected chi connectivity index (χ2v) is 9.09. The van der Waals surface area contributed by atoms with E-state index in [0.29, 0.717) is 27.9 Å². The number of aryl methyl sites for hydroxylation is 1. The fourth-order valence-electron chi connectivity index (χ4n) is 4.76. The minimum Gasteiger partial charge on any atom is -0.422 e. The van der Waals surface area contributed by atoms with Gasteiger partial charge in [-0.3, -0.25) is 14.9 Å². The first-order valence-electron chi connectivity index (χ1n) is 11.4. The molecule has 0 aliphatic heterocycles. The Bertz CT molecular complexity index is 1650. The summed E-state index contributed by atoms with van der Waals surface area (Å²) < 4.78 is 22.0. The summed E-state index contributed by atoms with van der Waals surface area (Å²) in [6.45, 7) is 5.15. The third-order valence-corrected chi connectivity index (χ3v) is 6.80. The lowest BCUT2D eigenvalue weighted by atomic mass is 9.92. The molecule has 0 atom stereocenters. The Hall–Kier alpha value is -4.07. The van der Waals surface area contributed by atoms with Crippen molar-refractivity contribution < 1.29 is 13.7 Å². The van der Waals surface area contributed by atoms with E-state index < -0.39 is 16.4 Å². The van der Waals surface area contributed by atoms with E-state index >= 15 is 0 Å². The van der Waals surface area contributed by atoms with Gasteiger partial charge in [-0.05, 0) is 61.9 Å². The molecule has 0 N–H and O–H groups in total. The Morgan fingerprint density at radius 2 is 1.83 bits per heavy atom. The molecule has 5 rings (SSSR count). The Balaban J connectivity index is 1.93. The number of nitro groups is 1. The molecule has 2 aromatic heterocycles. The molecule has 0 amide bonds. The molecule has 2 aromatic carbocycles. The molecule has 0 unspecified atom stereocenters. The van der Waals surface area contributed by atoms with Gasteiger partial charge in [0.05, 0.1) is 10.3 Å². The summed E-state index contributed by atoms with van der Waals surface area (Å²) in [7, 11) is 0. The number of nitro benzene ring substituents is 1. The van der Waals surface area contributed by atoms with E-state index in [-0.39, 0.29) is 40.2 Å². The summed E-state index contributed by atoms with van der Waals surface area (Å²) in [4.78, 5) is 37.8. The Morgan fingerprint density at radius 1 is 1.11 bits per heavy atom. The first kappa shape index (κ1) is 22.7. The maximum absolute atomic E-state index is 14.6. The molecule has 0 saturated heterocycles. The van der Waals surface area contributed by atoms with Crippen LogP contribution in [0.3, 0.4) is 0 Å². The van der Waals surface area contributed by atoms with Crippen molar-refractivity contribution in [1.82, 2.24) is 4.57 Å². The monoisotopic (exact) mass is 474 g/mol. The highest BCUT2D eigenvalue weighted by Gasteiger charge is 2.31. The van der Waals surface area contributed by atoms with Crippen molar-refractivity contribution in [3.63, 3.8) is 0 Å². The van der Waals surface area contributed by atoms with Crippen LogP contribution in [0.2, 0.25) is 0 Å². The minimum absolute atomic E-state index is 0.00167. The van der Waals surface area contributed by atoms with Gasteiger partial charge in [0.15, 0.2) is 5.58 Å². The lowest BCUT2D eigenvalue weighted by molar-refractivity contribution is -0.384. The molecule has 8 heteroatoms. The normalized spacial score (nSPS) is 13.4. The minimum atomic E-state index is -0.629. The van der Waals surface area contributed by atoms with Crippen LogP contribution >= 0.6 is 0 Å². The molecule has 7 nitrogen and oxygen atoms in total. The van der Waals surface area contributed by atoms with Gasteiger partial charge in [0.1, 0.15) is 5.82 Å². The van der Waals surface area contributed by atoms with Crippen LogP contribution in [-0.2, 0) is 6.42 Å². The number of fused-ring (bicyclic) bond motifs is 1. The molecule has 1 aliphatic rings. The molecular weight excluding hydrogens is 451 g/mol.